The molecule has 0 heterocycles. The molecule has 2 atom stereocenters. The molecule has 0 aliphatic heterocycles. The van der Waals surface area contributed by atoms with Gasteiger partial charge in [-0.25, -0.2) is 0 Å². The second kappa shape index (κ2) is 6.35. The number of hydrogen-bond donors (Lipinski definition) is 0. The van der Waals surface area contributed by atoms with Gasteiger partial charge in [-0.3, -0.25) is 0 Å². The molecule has 0 radical (unpaired) electrons. The Balaban J connectivity index is 4.90. The minimum absolute atomic E-state index is 0.373. The monoisotopic (exact) mass is 234 g/mol. The highest BCUT2D eigenvalue weighted by atomic mass is 15.2. The smallest absolute Gasteiger partial charge is 0.165 e. The standard InChI is InChI=1S/C13H22N4/c1-6-7-12(4,9-14)16-17-13(5,10-15)8-11(2)3/h11H,6-8H2,1-5H3. The van der Waals surface area contributed by atoms with Crippen LogP contribution in [-0.2, 0) is 0 Å². The third kappa shape index (κ3) is 5.45. The third-order valence-electron chi connectivity index (χ3n) is 2.52. The van der Waals surface area contributed by atoms with E-state index in [4.69, 9.17) is 10.5 Å². The molecule has 0 aromatic rings. The number of nitrogens with zero attached hydrogens (tertiary/aromatic N) is 4. The van der Waals surface area contributed by atoms with Gasteiger partial charge in [-0.2, -0.15) is 20.8 Å². The fraction of sp³-hybridized carbons (Fsp3) is 0.846. The summed E-state index contributed by atoms with van der Waals surface area (Å²) in [5, 5.41) is 26.4. The Morgan fingerprint density at radius 3 is 1.88 bits per heavy atom. The van der Waals surface area contributed by atoms with Crippen LogP contribution in [-0.4, -0.2) is 11.1 Å². The van der Waals surface area contributed by atoms with Gasteiger partial charge in [0.25, 0.3) is 0 Å². The van der Waals surface area contributed by atoms with Crippen molar-refractivity contribution >= 4 is 0 Å². The molecule has 0 rings (SSSR count). The zero-order valence-corrected chi connectivity index (χ0v) is 11.5. The van der Waals surface area contributed by atoms with Crippen LogP contribution in [0.3, 0.4) is 0 Å². The first-order valence-corrected chi connectivity index (χ1v) is 6.07. The first kappa shape index (κ1) is 15.6. The van der Waals surface area contributed by atoms with E-state index in [1.807, 2.05) is 20.8 Å². The van der Waals surface area contributed by atoms with Crippen LogP contribution in [0.1, 0.15) is 53.9 Å². The number of rotatable bonds is 6. The van der Waals surface area contributed by atoms with Crippen LogP contribution < -0.4 is 0 Å². The molecule has 0 saturated heterocycles. The predicted octanol–water partition coefficient (Wildman–Crippen LogP) is 3.85. The molecule has 0 N–H and O–H groups in total. The van der Waals surface area contributed by atoms with E-state index in [9.17, 15) is 0 Å². The number of azo groups is 1. The summed E-state index contributed by atoms with van der Waals surface area (Å²) in [4.78, 5) is 0. The Morgan fingerprint density at radius 2 is 1.53 bits per heavy atom. The minimum Gasteiger partial charge on any atom is -0.196 e. The molecule has 0 aliphatic rings. The molecule has 0 bridgehead atoms. The summed E-state index contributed by atoms with van der Waals surface area (Å²) >= 11 is 0. The molecule has 0 aliphatic carbocycles. The Labute approximate surface area is 104 Å². The lowest BCUT2D eigenvalue weighted by atomic mass is 9.93. The molecular weight excluding hydrogens is 212 g/mol. The Hall–Kier alpha value is -1.42. The molecular formula is C13H22N4. The van der Waals surface area contributed by atoms with E-state index in [0.717, 1.165) is 6.42 Å². The quantitative estimate of drug-likeness (QED) is 0.655. The zero-order chi connectivity index (χ0) is 13.5. The van der Waals surface area contributed by atoms with E-state index in [-0.39, 0.29) is 0 Å². The summed E-state index contributed by atoms with van der Waals surface area (Å²) in [6.07, 6.45) is 2.19. The highest BCUT2D eigenvalue weighted by Gasteiger charge is 2.28. The van der Waals surface area contributed by atoms with Crippen LogP contribution in [0.5, 0.6) is 0 Å². The van der Waals surface area contributed by atoms with E-state index < -0.39 is 11.1 Å². The molecule has 94 valence electrons. The average Bonchev–Trinajstić information content (AvgIpc) is 2.26. The second-order valence-electron chi connectivity index (χ2n) is 5.32. The maximum Gasteiger partial charge on any atom is 0.165 e. The molecule has 0 aromatic carbocycles. The summed E-state index contributed by atoms with van der Waals surface area (Å²) in [6, 6.07) is 4.34. The zero-order valence-electron chi connectivity index (χ0n) is 11.5. The molecule has 0 spiro atoms. The lowest BCUT2D eigenvalue weighted by molar-refractivity contribution is 0.405. The average molecular weight is 234 g/mol. The first-order valence-electron chi connectivity index (χ1n) is 6.07. The van der Waals surface area contributed by atoms with Crippen LogP contribution in [0.4, 0.5) is 0 Å². The van der Waals surface area contributed by atoms with E-state index in [1.54, 1.807) is 13.8 Å². The van der Waals surface area contributed by atoms with E-state index in [0.29, 0.717) is 18.8 Å². The van der Waals surface area contributed by atoms with Crippen molar-refractivity contribution in [2.45, 2.75) is 65.0 Å². The van der Waals surface area contributed by atoms with Gasteiger partial charge in [0.2, 0.25) is 0 Å². The van der Waals surface area contributed by atoms with Crippen LogP contribution >= 0.6 is 0 Å². The molecule has 17 heavy (non-hydrogen) atoms. The molecule has 0 fully saturated rings. The molecule has 4 heteroatoms. The minimum atomic E-state index is -0.819. The lowest BCUT2D eigenvalue weighted by Crippen LogP contribution is -2.25. The van der Waals surface area contributed by atoms with Crippen molar-refractivity contribution in [3.8, 4) is 12.1 Å². The van der Waals surface area contributed by atoms with Gasteiger partial charge in [0.15, 0.2) is 11.1 Å². The third-order valence-corrected chi connectivity index (χ3v) is 2.52. The maximum absolute atomic E-state index is 9.15. The Morgan fingerprint density at radius 1 is 1.06 bits per heavy atom. The number of nitriles is 2. The van der Waals surface area contributed by atoms with Gasteiger partial charge in [0, 0.05) is 0 Å². The second-order valence-corrected chi connectivity index (χ2v) is 5.32. The molecule has 0 aromatic heterocycles. The van der Waals surface area contributed by atoms with E-state index >= 15 is 0 Å². The maximum atomic E-state index is 9.15. The van der Waals surface area contributed by atoms with Crippen molar-refractivity contribution in [1.29, 1.82) is 10.5 Å². The molecule has 0 amide bonds. The normalized spacial score (nSPS) is 18.4. The van der Waals surface area contributed by atoms with Crippen molar-refractivity contribution in [2.24, 2.45) is 16.1 Å². The number of hydrogen-bond acceptors (Lipinski definition) is 4. The summed E-state index contributed by atoms with van der Waals surface area (Å²) < 4.78 is 0. The van der Waals surface area contributed by atoms with Crippen molar-refractivity contribution in [1.82, 2.24) is 0 Å². The van der Waals surface area contributed by atoms with E-state index in [2.05, 4.69) is 22.4 Å². The lowest BCUT2D eigenvalue weighted by Gasteiger charge is -2.20. The van der Waals surface area contributed by atoms with Crippen LogP contribution in [0.15, 0.2) is 10.2 Å². The topological polar surface area (TPSA) is 72.3 Å². The van der Waals surface area contributed by atoms with Gasteiger partial charge in [-0.05, 0) is 32.6 Å². The largest absolute Gasteiger partial charge is 0.196 e. The van der Waals surface area contributed by atoms with E-state index in [1.165, 1.54) is 0 Å². The molecule has 0 saturated carbocycles. The van der Waals surface area contributed by atoms with Crippen molar-refractivity contribution in [3.63, 3.8) is 0 Å². The van der Waals surface area contributed by atoms with Crippen LogP contribution in [0.2, 0.25) is 0 Å². The van der Waals surface area contributed by atoms with Gasteiger partial charge in [0.1, 0.15) is 0 Å². The first-order chi connectivity index (χ1) is 7.81. The van der Waals surface area contributed by atoms with Gasteiger partial charge in [0.05, 0.1) is 12.1 Å². The highest BCUT2D eigenvalue weighted by molar-refractivity contribution is 5.07. The summed E-state index contributed by atoms with van der Waals surface area (Å²) in [6.45, 7) is 9.61. The van der Waals surface area contributed by atoms with Crippen LogP contribution in [0, 0.1) is 28.6 Å². The fourth-order valence-electron chi connectivity index (χ4n) is 1.74. The SMILES string of the molecule is CCCC(C)(C#N)N=NC(C)(C#N)CC(C)C. The molecule has 2 unspecified atom stereocenters. The summed E-state index contributed by atoms with van der Waals surface area (Å²) in [5.74, 6) is 0.373. The van der Waals surface area contributed by atoms with Gasteiger partial charge in [-0.1, -0.05) is 27.2 Å². The van der Waals surface area contributed by atoms with Crippen molar-refractivity contribution in [2.75, 3.05) is 0 Å². The molecule has 4 nitrogen and oxygen atoms in total. The Kier molecular flexibility index (Phi) is 5.82. The van der Waals surface area contributed by atoms with Crippen LogP contribution in [0.25, 0.3) is 0 Å². The summed E-state index contributed by atoms with van der Waals surface area (Å²) in [5.41, 5.74) is -1.62. The van der Waals surface area contributed by atoms with Gasteiger partial charge < -0.3 is 0 Å². The van der Waals surface area contributed by atoms with Gasteiger partial charge in [-0.15, -0.1) is 0 Å². The van der Waals surface area contributed by atoms with Crippen molar-refractivity contribution in [3.05, 3.63) is 0 Å². The van der Waals surface area contributed by atoms with Gasteiger partial charge >= 0.3 is 0 Å². The fourth-order valence-corrected chi connectivity index (χ4v) is 1.74. The highest BCUT2D eigenvalue weighted by Crippen LogP contribution is 2.24. The predicted molar refractivity (Wildman–Crippen MR) is 67.3 cm³/mol. The summed E-state index contributed by atoms with van der Waals surface area (Å²) in [7, 11) is 0. The Bertz CT molecular complexity index is 347. The van der Waals surface area contributed by atoms with Crippen molar-refractivity contribution < 1.29 is 0 Å².